The molecule has 2 atom stereocenters. The second-order valence-corrected chi connectivity index (χ2v) is 15.3. The summed E-state index contributed by atoms with van der Waals surface area (Å²) in [5, 5.41) is 21.2. The van der Waals surface area contributed by atoms with E-state index in [0.717, 1.165) is 38.7 Å². The maximum Gasteiger partial charge on any atom is 0.494 e. The molecule has 0 amide bonds. The molecule has 3 heterocycles. The smallest absolute Gasteiger partial charge is 0.494 e. The summed E-state index contributed by atoms with van der Waals surface area (Å²) >= 11 is 0. The van der Waals surface area contributed by atoms with Crippen molar-refractivity contribution in [3.63, 3.8) is 0 Å². The Labute approximate surface area is 271 Å². The molecule has 2 saturated heterocycles. The van der Waals surface area contributed by atoms with Gasteiger partial charge in [0.25, 0.3) is 0 Å². The van der Waals surface area contributed by atoms with Gasteiger partial charge in [-0.3, -0.25) is 0 Å². The van der Waals surface area contributed by atoms with Gasteiger partial charge in [0.15, 0.2) is 0 Å². The molecule has 1 spiro atoms. The molecule has 2 aliphatic carbocycles. The van der Waals surface area contributed by atoms with Gasteiger partial charge in [0.05, 0.1) is 27.8 Å². The zero-order chi connectivity index (χ0) is 32.6. The van der Waals surface area contributed by atoms with Crippen LogP contribution in [0, 0.1) is 5.92 Å². The lowest BCUT2D eigenvalue weighted by Gasteiger charge is -2.47. The van der Waals surface area contributed by atoms with E-state index in [1.165, 1.54) is 0 Å². The van der Waals surface area contributed by atoms with E-state index in [-0.39, 0.29) is 17.4 Å². The molecule has 236 valence electrons. The number of aliphatic hydroxyl groups excluding tert-OH is 1. The summed E-state index contributed by atoms with van der Waals surface area (Å²) in [6.45, 7) is 16.5. The van der Waals surface area contributed by atoms with Gasteiger partial charge in [-0.1, -0.05) is 48.5 Å². The topological polar surface area (TPSA) is 86.6 Å². The SMILES string of the molecule is CC1(C)OB(c2ccc3c(c2)C2(c4ccc(O)cc4OC4C=C(O)C=CC42)c2cc(B4OC(C)(C)C(C)(C)O4)ccc2-3)OC1(C)C. The third kappa shape index (κ3) is 3.95. The molecule has 2 fully saturated rings. The van der Waals surface area contributed by atoms with E-state index in [2.05, 4.69) is 97.9 Å². The Morgan fingerprint density at radius 1 is 0.609 bits per heavy atom. The van der Waals surface area contributed by atoms with Crippen LogP contribution in [0.25, 0.3) is 11.1 Å². The molecule has 9 heteroatoms. The van der Waals surface area contributed by atoms with Crippen molar-refractivity contribution in [2.45, 2.75) is 89.3 Å². The maximum atomic E-state index is 10.6. The molecular formula is C37H40B2O7. The minimum Gasteiger partial charge on any atom is -0.508 e. The molecule has 8 rings (SSSR count). The van der Waals surface area contributed by atoms with Crippen LogP contribution < -0.4 is 15.7 Å². The Balaban J connectivity index is 1.38. The van der Waals surface area contributed by atoms with Gasteiger partial charge < -0.3 is 33.6 Å². The van der Waals surface area contributed by atoms with Crippen molar-refractivity contribution < 1.29 is 33.6 Å². The van der Waals surface area contributed by atoms with E-state index in [9.17, 15) is 10.2 Å². The van der Waals surface area contributed by atoms with Crippen molar-refractivity contribution in [1.82, 2.24) is 0 Å². The zero-order valence-corrected chi connectivity index (χ0v) is 27.7. The van der Waals surface area contributed by atoms with Crippen LogP contribution in [0.4, 0.5) is 0 Å². The summed E-state index contributed by atoms with van der Waals surface area (Å²) < 4.78 is 32.6. The second-order valence-electron chi connectivity index (χ2n) is 15.3. The summed E-state index contributed by atoms with van der Waals surface area (Å²) in [4.78, 5) is 0. The van der Waals surface area contributed by atoms with Crippen LogP contribution in [-0.2, 0) is 24.0 Å². The van der Waals surface area contributed by atoms with Crippen LogP contribution in [0.5, 0.6) is 11.5 Å². The number of allylic oxidation sites excluding steroid dienone is 1. The van der Waals surface area contributed by atoms with Gasteiger partial charge in [-0.15, -0.1) is 0 Å². The lowest BCUT2D eigenvalue weighted by Crippen LogP contribution is -2.49. The van der Waals surface area contributed by atoms with Crippen LogP contribution in [0.1, 0.15) is 72.1 Å². The number of phenolic OH excluding ortho intramolecular Hbond substituents is 1. The number of aliphatic hydroxyl groups is 1. The number of benzene rings is 3. The summed E-state index contributed by atoms with van der Waals surface area (Å²) in [7, 11) is -1.09. The average Bonchev–Trinajstić information content (AvgIpc) is 3.47. The van der Waals surface area contributed by atoms with Gasteiger partial charge in [-0.2, -0.15) is 0 Å². The average molecular weight is 618 g/mol. The van der Waals surface area contributed by atoms with Crippen LogP contribution >= 0.6 is 0 Å². The number of aromatic hydroxyl groups is 1. The van der Waals surface area contributed by atoms with Gasteiger partial charge in [0.2, 0.25) is 0 Å². The van der Waals surface area contributed by atoms with Crippen LogP contribution in [-0.4, -0.2) is 53.0 Å². The van der Waals surface area contributed by atoms with Gasteiger partial charge in [0.1, 0.15) is 23.4 Å². The molecule has 0 bridgehead atoms. The van der Waals surface area contributed by atoms with E-state index in [4.69, 9.17) is 23.4 Å². The largest absolute Gasteiger partial charge is 0.508 e. The minimum absolute atomic E-state index is 0.113. The van der Waals surface area contributed by atoms with E-state index >= 15 is 0 Å². The highest BCUT2D eigenvalue weighted by Crippen LogP contribution is 2.62. The van der Waals surface area contributed by atoms with E-state index in [1.54, 1.807) is 24.3 Å². The van der Waals surface area contributed by atoms with E-state index in [1.807, 2.05) is 6.07 Å². The Hall–Kier alpha value is -3.49. The first kappa shape index (κ1) is 29.9. The Morgan fingerprint density at radius 3 is 1.61 bits per heavy atom. The molecule has 3 aliphatic heterocycles. The fraction of sp³-hybridized carbons (Fsp3) is 0.405. The molecule has 0 radical (unpaired) electrons. The maximum absolute atomic E-state index is 10.6. The predicted octanol–water partition coefficient (Wildman–Crippen LogP) is 5.69. The molecule has 3 aromatic rings. The second kappa shape index (κ2) is 9.32. The number of fused-ring (bicyclic) bond motifs is 9. The van der Waals surface area contributed by atoms with Crippen molar-refractivity contribution in [2.75, 3.05) is 0 Å². The summed E-state index contributed by atoms with van der Waals surface area (Å²) in [6.07, 6.45) is 5.08. The van der Waals surface area contributed by atoms with Crippen molar-refractivity contribution in [2.24, 2.45) is 5.92 Å². The Bertz CT molecular complexity index is 1740. The fourth-order valence-corrected chi connectivity index (χ4v) is 7.69. The highest BCUT2D eigenvalue weighted by Gasteiger charge is 2.59. The molecule has 7 nitrogen and oxygen atoms in total. The molecule has 0 aromatic heterocycles. The number of phenols is 1. The molecule has 46 heavy (non-hydrogen) atoms. The standard InChI is InChI=1S/C37H40B2O7/c1-33(2)34(3,4)44-38(43-33)21-9-13-25-26-14-10-22(39-45-35(5,6)36(7,8)46-39)18-30(26)37(29(25)17-21)27-15-11-23(40)19-31(27)42-32-20-24(41)12-16-28(32)37/h9-20,27,31,40-41H,1-8H3. The molecule has 2 unspecified atom stereocenters. The quantitative estimate of drug-likeness (QED) is 0.357. The van der Waals surface area contributed by atoms with Crippen LogP contribution in [0.2, 0.25) is 0 Å². The van der Waals surface area contributed by atoms with Crippen molar-refractivity contribution in [1.29, 1.82) is 0 Å². The Morgan fingerprint density at radius 2 is 1.11 bits per heavy atom. The van der Waals surface area contributed by atoms with Gasteiger partial charge in [0, 0.05) is 17.5 Å². The molecular weight excluding hydrogens is 578 g/mol. The number of hydrogen-bond donors (Lipinski definition) is 2. The minimum atomic E-state index is -0.746. The van der Waals surface area contributed by atoms with E-state index < -0.39 is 48.2 Å². The summed E-state index contributed by atoms with van der Waals surface area (Å²) in [6, 6.07) is 18.3. The van der Waals surface area contributed by atoms with Gasteiger partial charge >= 0.3 is 14.2 Å². The van der Waals surface area contributed by atoms with Crippen LogP contribution in [0.15, 0.2) is 78.6 Å². The Kier molecular flexibility index (Phi) is 6.05. The monoisotopic (exact) mass is 618 g/mol. The highest BCUT2D eigenvalue weighted by molar-refractivity contribution is 6.62. The number of ether oxygens (including phenoxy) is 1. The predicted molar refractivity (Wildman–Crippen MR) is 179 cm³/mol. The number of rotatable bonds is 2. The zero-order valence-electron chi connectivity index (χ0n) is 27.7. The van der Waals surface area contributed by atoms with Gasteiger partial charge in [-0.05, 0) is 107 Å². The van der Waals surface area contributed by atoms with Crippen molar-refractivity contribution >= 4 is 25.2 Å². The first-order valence-corrected chi connectivity index (χ1v) is 16.1. The summed E-state index contributed by atoms with van der Waals surface area (Å²) in [5.74, 6) is 0.613. The van der Waals surface area contributed by atoms with E-state index in [0.29, 0.717) is 5.75 Å². The van der Waals surface area contributed by atoms with Crippen LogP contribution in [0.3, 0.4) is 0 Å². The summed E-state index contributed by atoms with van der Waals surface area (Å²) in [5.41, 5.74) is 4.46. The third-order valence-electron chi connectivity index (χ3n) is 11.6. The molecule has 5 aliphatic rings. The lowest BCUT2D eigenvalue weighted by atomic mass is 9.58. The van der Waals surface area contributed by atoms with Crippen molar-refractivity contribution in [3.8, 4) is 22.6 Å². The third-order valence-corrected chi connectivity index (χ3v) is 11.6. The van der Waals surface area contributed by atoms with Crippen molar-refractivity contribution in [3.05, 3.63) is 95.3 Å². The molecule has 2 N–H and O–H groups in total. The van der Waals surface area contributed by atoms with Gasteiger partial charge in [-0.25, -0.2) is 0 Å². The molecule has 0 saturated carbocycles. The number of hydrogen-bond acceptors (Lipinski definition) is 7. The lowest BCUT2D eigenvalue weighted by molar-refractivity contribution is 0.00578. The first-order chi connectivity index (χ1) is 21.5. The first-order valence-electron chi connectivity index (χ1n) is 16.1. The molecule has 3 aromatic carbocycles. The normalized spacial score (nSPS) is 26.7. The fourth-order valence-electron chi connectivity index (χ4n) is 7.69. The highest BCUT2D eigenvalue weighted by atomic mass is 16.7.